The van der Waals surface area contributed by atoms with Crippen LogP contribution in [0.3, 0.4) is 0 Å². The minimum absolute atomic E-state index is 0.0807. The Balaban J connectivity index is 1.91. The Labute approximate surface area is 180 Å². The Bertz CT molecular complexity index is 840. The van der Waals surface area contributed by atoms with E-state index in [4.69, 9.17) is 9.47 Å². The number of nitrogens with zero attached hydrogens (tertiary/aromatic N) is 1. The summed E-state index contributed by atoms with van der Waals surface area (Å²) in [6.07, 6.45) is -4.32. The van der Waals surface area contributed by atoms with Crippen LogP contribution in [0.2, 0.25) is 0 Å². The molecule has 170 valence electrons. The van der Waals surface area contributed by atoms with Crippen molar-refractivity contribution < 1.29 is 27.4 Å². The highest BCUT2D eigenvalue weighted by molar-refractivity contribution is 5.79. The van der Waals surface area contributed by atoms with Crippen molar-refractivity contribution in [3.8, 4) is 11.5 Å². The number of halogens is 3. The molecule has 2 rings (SSSR count). The molecule has 2 aromatic rings. The van der Waals surface area contributed by atoms with Crippen molar-refractivity contribution in [2.45, 2.75) is 32.8 Å². The summed E-state index contributed by atoms with van der Waals surface area (Å²) in [6, 6.07) is 12.8. The molecular formula is C22H28F3N3O3. The van der Waals surface area contributed by atoms with Crippen LogP contribution in [0.5, 0.6) is 11.5 Å². The third kappa shape index (κ3) is 8.75. The van der Waals surface area contributed by atoms with Gasteiger partial charge in [0.05, 0.1) is 27.4 Å². The van der Waals surface area contributed by atoms with Gasteiger partial charge in [-0.25, -0.2) is 4.99 Å². The van der Waals surface area contributed by atoms with Gasteiger partial charge < -0.3 is 24.8 Å². The number of benzene rings is 2. The first-order valence-electron chi connectivity index (χ1n) is 9.80. The first-order valence-corrected chi connectivity index (χ1v) is 9.80. The summed E-state index contributed by atoms with van der Waals surface area (Å²) in [7, 11) is 3.18. The van der Waals surface area contributed by atoms with Crippen molar-refractivity contribution in [1.29, 1.82) is 0 Å². The van der Waals surface area contributed by atoms with Gasteiger partial charge in [0.1, 0.15) is 6.61 Å². The number of alkyl halides is 3. The number of hydrogen-bond donors (Lipinski definition) is 2. The van der Waals surface area contributed by atoms with Crippen molar-refractivity contribution in [2.75, 3.05) is 27.4 Å². The number of methoxy groups -OCH3 is 2. The van der Waals surface area contributed by atoms with Crippen molar-refractivity contribution >= 4 is 5.96 Å². The van der Waals surface area contributed by atoms with Gasteiger partial charge in [0.15, 0.2) is 17.5 Å². The Morgan fingerprint density at radius 3 is 2.16 bits per heavy atom. The summed E-state index contributed by atoms with van der Waals surface area (Å²) in [5.41, 5.74) is 2.62. The van der Waals surface area contributed by atoms with Crippen LogP contribution in [-0.4, -0.2) is 39.5 Å². The van der Waals surface area contributed by atoms with E-state index < -0.39 is 12.8 Å². The topological polar surface area (TPSA) is 64.1 Å². The number of guanidine groups is 1. The van der Waals surface area contributed by atoms with Crippen LogP contribution in [0.25, 0.3) is 0 Å². The van der Waals surface area contributed by atoms with E-state index in [1.54, 1.807) is 26.4 Å². The molecule has 0 heterocycles. The summed E-state index contributed by atoms with van der Waals surface area (Å²) in [4.78, 5) is 4.58. The molecule has 0 bridgehead atoms. The molecule has 0 unspecified atom stereocenters. The molecule has 0 radical (unpaired) electrons. The highest BCUT2D eigenvalue weighted by Crippen LogP contribution is 2.27. The maximum Gasteiger partial charge on any atom is 0.411 e. The van der Waals surface area contributed by atoms with E-state index in [1.165, 1.54) is 0 Å². The van der Waals surface area contributed by atoms with Crippen LogP contribution in [0.1, 0.15) is 23.6 Å². The third-order valence-corrected chi connectivity index (χ3v) is 4.23. The van der Waals surface area contributed by atoms with E-state index in [0.717, 1.165) is 11.1 Å². The molecule has 31 heavy (non-hydrogen) atoms. The van der Waals surface area contributed by atoms with Crippen LogP contribution in [0.4, 0.5) is 13.2 Å². The highest BCUT2D eigenvalue weighted by atomic mass is 19.4. The number of ether oxygens (including phenoxy) is 3. The average Bonchev–Trinajstić information content (AvgIpc) is 2.75. The molecule has 0 aliphatic heterocycles. The summed E-state index contributed by atoms with van der Waals surface area (Å²) in [6.45, 7) is 2.31. The SMILES string of the molecule is CCNC(=NCc1ccc(OC)c(OC)c1)NCc1ccc(COCC(F)(F)F)cc1. The zero-order valence-electron chi connectivity index (χ0n) is 17.9. The van der Waals surface area contributed by atoms with Crippen molar-refractivity contribution in [3.05, 3.63) is 59.2 Å². The lowest BCUT2D eigenvalue weighted by molar-refractivity contribution is -0.176. The molecule has 0 aliphatic rings. The molecule has 9 heteroatoms. The zero-order chi connectivity index (χ0) is 22.7. The normalized spacial score (nSPS) is 11.9. The maximum absolute atomic E-state index is 12.1. The second-order valence-electron chi connectivity index (χ2n) is 6.66. The molecular weight excluding hydrogens is 411 g/mol. The Kier molecular flexibility index (Phi) is 9.45. The second kappa shape index (κ2) is 12.0. The van der Waals surface area contributed by atoms with E-state index in [2.05, 4.69) is 20.4 Å². The molecule has 0 amide bonds. The van der Waals surface area contributed by atoms with Gasteiger partial charge in [0.25, 0.3) is 0 Å². The molecule has 2 N–H and O–H groups in total. The number of nitrogens with one attached hydrogen (secondary N) is 2. The first kappa shape index (κ1) is 24.3. The van der Waals surface area contributed by atoms with Crippen molar-refractivity contribution in [2.24, 2.45) is 4.99 Å². The number of rotatable bonds is 10. The largest absolute Gasteiger partial charge is 0.493 e. The van der Waals surface area contributed by atoms with Crippen molar-refractivity contribution in [3.63, 3.8) is 0 Å². The van der Waals surface area contributed by atoms with Gasteiger partial charge in [0, 0.05) is 13.1 Å². The van der Waals surface area contributed by atoms with Crippen LogP contribution in [-0.2, 0) is 24.4 Å². The predicted molar refractivity (Wildman–Crippen MR) is 113 cm³/mol. The van der Waals surface area contributed by atoms with Gasteiger partial charge in [-0.15, -0.1) is 0 Å². The van der Waals surface area contributed by atoms with Gasteiger partial charge >= 0.3 is 6.18 Å². The van der Waals surface area contributed by atoms with Crippen LogP contribution >= 0.6 is 0 Å². The van der Waals surface area contributed by atoms with Crippen LogP contribution in [0.15, 0.2) is 47.5 Å². The van der Waals surface area contributed by atoms with Gasteiger partial charge in [-0.1, -0.05) is 30.3 Å². The van der Waals surface area contributed by atoms with E-state index in [-0.39, 0.29) is 6.61 Å². The lowest BCUT2D eigenvalue weighted by Gasteiger charge is -2.13. The minimum Gasteiger partial charge on any atom is -0.493 e. The van der Waals surface area contributed by atoms with Gasteiger partial charge in [0.2, 0.25) is 0 Å². The Morgan fingerprint density at radius 2 is 1.55 bits per heavy atom. The lowest BCUT2D eigenvalue weighted by Crippen LogP contribution is -2.36. The number of hydrogen-bond acceptors (Lipinski definition) is 4. The number of aliphatic imine (C=N–C) groups is 1. The summed E-state index contributed by atoms with van der Waals surface area (Å²) in [5, 5.41) is 6.43. The van der Waals surface area contributed by atoms with E-state index in [0.29, 0.717) is 42.7 Å². The molecule has 0 spiro atoms. The van der Waals surface area contributed by atoms with Crippen LogP contribution in [0, 0.1) is 0 Å². The summed E-state index contributed by atoms with van der Waals surface area (Å²) >= 11 is 0. The molecule has 2 aromatic carbocycles. The van der Waals surface area contributed by atoms with Crippen LogP contribution < -0.4 is 20.1 Å². The van der Waals surface area contributed by atoms with Gasteiger partial charge in [-0.3, -0.25) is 0 Å². The zero-order valence-corrected chi connectivity index (χ0v) is 17.9. The predicted octanol–water partition coefficient (Wildman–Crippen LogP) is 4.04. The second-order valence-corrected chi connectivity index (χ2v) is 6.66. The smallest absolute Gasteiger partial charge is 0.411 e. The monoisotopic (exact) mass is 439 g/mol. The summed E-state index contributed by atoms with van der Waals surface area (Å²) in [5.74, 6) is 1.95. The fourth-order valence-electron chi connectivity index (χ4n) is 2.71. The third-order valence-electron chi connectivity index (χ3n) is 4.23. The quantitative estimate of drug-likeness (QED) is 0.432. The maximum atomic E-state index is 12.1. The average molecular weight is 439 g/mol. The molecule has 0 saturated carbocycles. The molecule has 0 aliphatic carbocycles. The highest BCUT2D eigenvalue weighted by Gasteiger charge is 2.27. The Morgan fingerprint density at radius 1 is 0.903 bits per heavy atom. The molecule has 0 saturated heterocycles. The molecule has 0 atom stereocenters. The lowest BCUT2D eigenvalue weighted by atomic mass is 10.1. The summed E-state index contributed by atoms with van der Waals surface area (Å²) < 4.78 is 51.7. The van der Waals surface area contributed by atoms with Gasteiger partial charge in [-0.2, -0.15) is 13.2 Å². The fourth-order valence-corrected chi connectivity index (χ4v) is 2.71. The molecule has 6 nitrogen and oxygen atoms in total. The Hall–Kier alpha value is -2.94. The van der Waals surface area contributed by atoms with E-state index in [9.17, 15) is 13.2 Å². The standard InChI is InChI=1S/C22H28F3N3O3/c1-4-26-21(28-13-18-9-10-19(29-2)20(11-18)30-3)27-12-16-5-7-17(8-6-16)14-31-15-22(23,24)25/h5-11H,4,12-15H2,1-3H3,(H2,26,27,28). The van der Waals surface area contributed by atoms with E-state index in [1.807, 2.05) is 37.3 Å². The molecule has 0 aromatic heterocycles. The molecule has 0 fully saturated rings. The minimum atomic E-state index is -4.32. The van der Waals surface area contributed by atoms with Gasteiger partial charge in [-0.05, 0) is 35.7 Å². The van der Waals surface area contributed by atoms with E-state index >= 15 is 0 Å². The van der Waals surface area contributed by atoms with Crippen molar-refractivity contribution in [1.82, 2.24) is 10.6 Å². The first-order chi connectivity index (χ1) is 14.8. The fraction of sp³-hybridized carbons (Fsp3) is 0.409.